The number of halogens is 1. The zero-order valence-corrected chi connectivity index (χ0v) is 17.5. The maximum absolute atomic E-state index is 12.8. The first-order valence-electron chi connectivity index (χ1n) is 9.71. The molecule has 3 rings (SSSR count). The Morgan fingerprint density at radius 3 is 2.26 bits per heavy atom. The largest absolute Gasteiger partial charge is 0.497 e. The summed E-state index contributed by atoms with van der Waals surface area (Å²) in [7, 11) is 1.59. The van der Waals surface area contributed by atoms with Crippen LogP contribution in [0.5, 0.6) is 5.75 Å². The average Bonchev–Trinajstić information content (AvgIpc) is 2.98. The van der Waals surface area contributed by atoms with Crippen LogP contribution in [0.2, 0.25) is 0 Å². The van der Waals surface area contributed by atoms with Crippen LogP contribution in [0.1, 0.15) is 36.0 Å². The molecule has 2 fully saturated rings. The predicted octanol–water partition coefficient (Wildman–Crippen LogP) is 2.62. The van der Waals surface area contributed by atoms with Crippen LogP contribution < -0.4 is 4.74 Å². The lowest BCUT2D eigenvalue weighted by atomic mass is 10.1. The van der Waals surface area contributed by atoms with Crippen LogP contribution >= 0.6 is 15.9 Å². The van der Waals surface area contributed by atoms with Crippen molar-refractivity contribution in [3.8, 4) is 5.75 Å². The van der Waals surface area contributed by atoms with Gasteiger partial charge in [-0.15, -0.1) is 0 Å². The molecule has 0 saturated carbocycles. The first-order chi connectivity index (χ1) is 13.1. The van der Waals surface area contributed by atoms with Gasteiger partial charge in [-0.25, -0.2) is 0 Å². The quantitative estimate of drug-likeness (QED) is 0.726. The molecule has 6 nitrogen and oxygen atoms in total. The lowest BCUT2D eigenvalue weighted by Crippen LogP contribution is -2.51. The highest BCUT2D eigenvalue weighted by atomic mass is 79.9. The number of amides is 2. The van der Waals surface area contributed by atoms with Gasteiger partial charge in [0.15, 0.2) is 0 Å². The van der Waals surface area contributed by atoms with Crippen molar-refractivity contribution < 1.29 is 14.3 Å². The molecular weight excluding hydrogens is 410 g/mol. The molecule has 2 saturated heterocycles. The van der Waals surface area contributed by atoms with Crippen molar-refractivity contribution in [2.75, 3.05) is 52.9 Å². The van der Waals surface area contributed by atoms with Gasteiger partial charge in [0.25, 0.3) is 5.91 Å². The van der Waals surface area contributed by atoms with Gasteiger partial charge in [-0.2, -0.15) is 0 Å². The molecule has 0 N–H and O–H groups in total. The minimum absolute atomic E-state index is 0.000676. The molecule has 7 heteroatoms. The van der Waals surface area contributed by atoms with Crippen LogP contribution in [-0.2, 0) is 4.79 Å². The summed E-state index contributed by atoms with van der Waals surface area (Å²) in [5.74, 6) is 0.898. The summed E-state index contributed by atoms with van der Waals surface area (Å²) in [5.41, 5.74) is 0.614. The molecule has 0 aromatic heterocycles. The van der Waals surface area contributed by atoms with E-state index in [1.165, 1.54) is 12.8 Å². The second kappa shape index (κ2) is 9.55. The molecule has 148 valence electrons. The van der Waals surface area contributed by atoms with E-state index in [2.05, 4.69) is 20.8 Å². The molecule has 2 heterocycles. The number of ether oxygens (including phenoxy) is 1. The fourth-order valence-corrected chi connectivity index (χ4v) is 4.10. The monoisotopic (exact) mass is 437 g/mol. The molecule has 27 heavy (non-hydrogen) atoms. The van der Waals surface area contributed by atoms with E-state index in [9.17, 15) is 9.59 Å². The fourth-order valence-electron chi connectivity index (χ4n) is 3.69. The van der Waals surface area contributed by atoms with E-state index in [0.29, 0.717) is 30.9 Å². The topological polar surface area (TPSA) is 53.1 Å². The minimum atomic E-state index is -0.000676. The Kier molecular flexibility index (Phi) is 7.13. The molecule has 2 aliphatic heterocycles. The Morgan fingerprint density at radius 2 is 1.63 bits per heavy atom. The van der Waals surface area contributed by atoms with Gasteiger partial charge in [-0.1, -0.05) is 12.8 Å². The maximum atomic E-state index is 12.8. The van der Waals surface area contributed by atoms with Crippen molar-refractivity contribution in [1.29, 1.82) is 0 Å². The van der Waals surface area contributed by atoms with E-state index in [4.69, 9.17) is 4.74 Å². The molecule has 1 aromatic rings. The highest BCUT2D eigenvalue weighted by molar-refractivity contribution is 9.10. The standard InChI is InChI=1S/C20H28BrN3O3/c1-27-16-6-7-18(21)17(14-16)20(26)24-12-10-22(11-13-24)15-19(25)23-8-4-2-3-5-9-23/h6-7,14H,2-5,8-13,15H2,1H3. The van der Waals surface area contributed by atoms with E-state index in [0.717, 1.165) is 43.5 Å². The molecule has 1 aromatic carbocycles. The molecule has 2 aliphatic rings. The Balaban J connectivity index is 1.52. The Morgan fingerprint density at radius 1 is 0.963 bits per heavy atom. The van der Waals surface area contributed by atoms with Gasteiger partial charge in [0.05, 0.1) is 19.2 Å². The molecule has 0 radical (unpaired) electrons. The van der Waals surface area contributed by atoms with E-state index in [1.54, 1.807) is 13.2 Å². The van der Waals surface area contributed by atoms with Crippen molar-refractivity contribution in [3.63, 3.8) is 0 Å². The second-order valence-electron chi connectivity index (χ2n) is 7.21. The zero-order chi connectivity index (χ0) is 19.2. The highest BCUT2D eigenvalue weighted by Gasteiger charge is 2.26. The summed E-state index contributed by atoms with van der Waals surface area (Å²) in [6.07, 6.45) is 4.68. The smallest absolute Gasteiger partial charge is 0.255 e. The van der Waals surface area contributed by atoms with Gasteiger partial charge in [0.1, 0.15) is 5.75 Å². The van der Waals surface area contributed by atoms with Crippen molar-refractivity contribution in [2.45, 2.75) is 25.7 Å². The van der Waals surface area contributed by atoms with Crippen LogP contribution in [-0.4, -0.2) is 79.4 Å². The summed E-state index contributed by atoms with van der Waals surface area (Å²) in [4.78, 5) is 31.4. The lowest BCUT2D eigenvalue weighted by Gasteiger charge is -2.35. The van der Waals surface area contributed by atoms with Gasteiger partial charge in [0.2, 0.25) is 5.91 Å². The Hall–Kier alpha value is -1.60. The molecule has 0 aliphatic carbocycles. The highest BCUT2D eigenvalue weighted by Crippen LogP contribution is 2.24. The third-order valence-electron chi connectivity index (χ3n) is 5.38. The number of hydrogen-bond donors (Lipinski definition) is 0. The normalized spacial score (nSPS) is 18.9. The van der Waals surface area contributed by atoms with Crippen molar-refractivity contribution in [1.82, 2.24) is 14.7 Å². The van der Waals surface area contributed by atoms with Crippen molar-refractivity contribution in [2.24, 2.45) is 0 Å². The van der Waals surface area contributed by atoms with Gasteiger partial charge in [-0.05, 0) is 47.0 Å². The van der Waals surface area contributed by atoms with Crippen molar-refractivity contribution in [3.05, 3.63) is 28.2 Å². The molecule has 0 bridgehead atoms. The van der Waals surface area contributed by atoms with Gasteiger partial charge >= 0.3 is 0 Å². The molecular formula is C20H28BrN3O3. The number of carbonyl (C=O) groups excluding carboxylic acids is 2. The van der Waals surface area contributed by atoms with Crippen LogP contribution in [0.15, 0.2) is 22.7 Å². The number of likely N-dealkylation sites (tertiary alicyclic amines) is 1. The van der Waals surface area contributed by atoms with Gasteiger partial charge in [-0.3, -0.25) is 14.5 Å². The average molecular weight is 438 g/mol. The number of methoxy groups -OCH3 is 1. The number of rotatable bonds is 4. The van der Waals surface area contributed by atoms with Crippen LogP contribution in [0.4, 0.5) is 0 Å². The number of hydrogen-bond acceptors (Lipinski definition) is 4. The lowest BCUT2D eigenvalue weighted by molar-refractivity contribution is -0.132. The number of piperazine rings is 1. The van der Waals surface area contributed by atoms with Gasteiger partial charge in [0, 0.05) is 43.7 Å². The third-order valence-corrected chi connectivity index (χ3v) is 6.07. The summed E-state index contributed by atoms with van der Waals surface area (Å²) < 4.78 is 6.00. The van der Waals surface area contributed by atoms with Crippen LogP contribution in [0.3, 0.4) is 0 Å². The van der Waals surface area contributed by atoms with Gasteiger partial charge < -0.3 is 14.5 Å². The minimum Gasteiger partial charge on any atom is -0.497 e. The first-order valence-corrected chi connectivity index (χ1v) is 10.5. The molecule has 2 amide bonds. The first kappa shape index (κ1) is 20.1. The Bertz CT molecular complexity index is 666. The number of carbonyl (C=O) groups is 2. The SMILES string of the molecule is COc1ccc(Br)c(C(=O)N2CCN(CC(=O)N3CCCCCC3)CC2)c1. The third kappa shape index (κ3) is 5.23. The van der Waals surface area contributed by atoms with Crippen LogP contribution in [0.25, 0.3) is 0 Å². The molecule has 0 spiro atoms. The summed E-state index contributed by atoms with van der Waals surface area (Å²) >= 11 is 3.46. The predicted molar refractivity (Wildman–Crippen MR) is 108 cm³/mol. The second-order valence-corrected chi connectivity index (χ2v) is 8.06. The van der Waals surface area contributed by atoms with E-state index >= 15 is 0 Å². The molecule has 0 atom stereocenters. The number of nitrogens with zero attached hydrogens (tertiary/aromatic N) is 3. The van der Waals surface area contributed by atoms with Crippen LogP contribution in [0, 0.1) is 0 Å². The maximum Gasteiger partial charge on any atom is 0.255 e. The number of benzene rings is 1. The van der Waals surface area contributed by atoms with E-state index < -0.39 is 0 Å². The van der Waals surface area contributed by atoms with E-state index in [1.807, 2.05) is 21.9 Å². The zero-order valence-electron chi connectivity index (χ0n) is 16.0. The summed E-state index contributed by atoms with van der Waals surface area (Å²) in [5, 5.41) is 0. The molecule has 0 unspecified atom stereocenters. The fraction of sp³-hybridized carbons (Fsp3) is 0.600. The van der Waals surface area contributed by atoms with Crippen molar-refractivity contribution >= 4 is 27.7 Å². The summed E-state index contributed by atoms with van der Waals surface area (Å²) in [6.45, 7) is 4.97. The van der Waals surface area contributed by atoms with E-state index in [-0.39, 0.29) is 11.8 Å². The Labute approximate surface area is 169 Å². The summed E-state index contributed by atoms with van der Waals surface area (Å²) in [6, 6.07) is 5.43.